The second kappa shape index (κ2) is 8.65. The molecule has 0 aliphatic carbocycles. The molecule has 24 heavy (non-hydrogen) atoms. The molecule has 0 radical (unpaired) electrons. The van der Waals surface area contributed by atoms with Crippen LogP contribution in [0.5, 0.6) is 5.75 Å². The van der Waals surface area contributed by atoms with Gasteiger partial charge in [-0.25, -0.2) is 4.98 Å². The average Bonchev–Trinajstić information content (AvgIpc) is 2.87. The van der Waals surface area contributed by atoms with Gasteiger partial charge in [0.15, 0.2) is 5.13 Å². The minimum absolute atomic E-state index is 0.143. The summed E-state index contributed by atoms with van der Waals surface area (Å²) in [6.45, 7) is 6.67. The molecular formula is C17H23N3O3S. The Labute approximate surface area is 146 Å². The fourth-order valence-corrected chi connectivity index (χ4v) is 2.80. The molecule has 1 aromatic carbocycles. The lowest BCUT2D eigenvalue weighted by Gasteiger charge is -2.17. The summed E-state index contributed by atoms with van der Waals surface area (Å²) in [4.78, 5) is 17.8. The SMILES string of the molecule is COCCOc1ccccc1NC(C)C(=O)Nc1nc(C)c(C)s1. The van der Waals surface area contributed by atoms with Crippen molar-refractivity contribution in [3.8, 4) is 5.75 Å². The molecule has 0 spiro atoms. The Morgan fingerprint density at radius 1 is 1.29 bits per heavy atom. The molecule has 130 valence electrons. The molecule has 1 unspecified atom stereocenters. The molecule has 0 aliphatic heterocycles. The molecule has 6 nitrogen and oxygen atoms in total. The van der Waals surface area contributed by atoms with E-state index in [1.165, 1.54) is 11.3 Å². The second-order valence-electron chi connectivity index (χ2n) is 5.35. The quantitative estimate of drug-likeness (QED) is 0.716. The van der Waals surface area contributed by atoms with Gasteiger partial charge in [0.1, 0.15) is 18.4 Å². The summed E-state index contributed by atoms with van der Waals surface area (Å²) in [5.74, 6) is 0.547. The Hall–Kier alpha value is -2.12. The fourth-order valence-electron chi connectivity index (χ4n) is 1.99. The van der Waals surface area contributed by atoms with E-state index in [9.17, 15) is 4.79 Å². The highest BCUT2D eigenvalue weighted by molar-refractivity contribution is 7.15. The number of hydrogen-bond donors (Lipinski definition) is 2. The number of carbonyl (C=O) groups is 1. The smallest absolute Gasteiger partial charge is 0.248 e. The van der Waals surface area contributed by atoms with Gasteiger partial charge in [-0.1, -0.05) is 12.1 Å². The van der Waals surface area contributed by atoms with Crippen molar-refractivity contribution in [1.29, 1.82) is 0 Å². The van der Waals surface area contributed by atoms with E-state index in [1.807, 2.05) is 38.1 Å². The number of aromatic nitrogens is 1. The number of aryl methyl sites for hydroxylation is 2. The maximum Gasteiger partial charge on any atom is 0.248 e. The Morgan fingerprint density at radius 2 is 2.04 bits per heavy atom. The molecule has 0 bridgehead atoms. The van der Waals surface area contributed by atoms with Crippen molar-refractivity contribution in [1.82, 2.24) is 4.98 Å². The van der Waals surface area contributed by atoms with Crippen molar-refractivity contribution < 1.29 is 14.3 Å². The maximum atomic E-state index is 12.3. The van der Waals surface area contributed by atoms with Crippen molar-refractivity contribution in [2.45, 2.75) is 26.8 Å². The van der Waals surface area contributed by atoms with E-state index in [4.69, 9.17) is 9.47 Å². The molecule has 1 amide bonds. The predicted molar refractivity (Wildman–Crippen MR) is 97.1 cm³/mol. The first-order chi connectivity index (χ1) is 11.5. The first-order valence-corrected chi connectivity index (χ1v) is 8.55. The van der Waals surface area contributed by atoms with E-state index < -0.39 is 6.04 Å². The Kier molecular flexibility index (Phi) is 6.57. The zero-order chi connectivity index (χ0) is 17.5. The number of anilines is 2. The van der Waals surface area contributed by atoms with Gasteiger partial charge in [-0.05, 0) is 32.9 Å². The zero-order valence-corrected chi connectivity index (χ0v) is 15.2. The molecular weight excluding hydrogens is 326 g/mol. The van der Waals surface area contributed by atoms with Gasteiger partial charge in [0, 0.05) is 12.0 Å². The van der Waals surface area contributed by atoms with E-state index in [1.54, 1.807) is 14.0 Å². The third-order valence-corrected chi connectivity index (χ3v) is 4.44. The van der Waals surface area contributed by atoms with Crippen LogP contribution in [-0.2, 0) is 9.53 Å². The highest BCUT2D eigenvalue weighted by atomic mass is 32.1. The first kappa shape index (κ1) is 18.2. The number of thiazole rings is 1. The molecule has 7 heteroatoms. The molecule has 1 heterocycles. The number of hydrogen-bond acceptors (Lipinski definition) is 6. The van der Waals surface area contributed by atoms with Crippen LogP contribution >= 0.6 is 11.3 Å². The molecule has 2 aromatic rings. The van der Waals surface area contributed by atoms with Crippen molar-refractivity contribution in [2.24, 2.45) is 0 Å². The van der Waals surface area contributed by atoms with Crippen molar-refractivity contribution in [3.63, 3.8) is 0 Å². The van der Waals surface area contributed by atoms with Gasteiger partial charge in [0.2, 0.25) is 5.91 Å². The van der Waals surface area contributed by atoms with Gasteiger partial charge in [-0.2, -0.15) is 0 Å². The normalized spacial score (nSPS) is 11.8. The largest absolute Gasteiger partial charge is 0.489 e. The third-order valence-electron chi connectivity index (χ3n) is 3.46. The number of methoxy groups -OCH3 is 1. The minimum atomic E-state index is -0.429. The van der Waals surface area contributed by atoms with Crippen molar-refractivity contribution in [2.75, 3.05) is 31.0 Å². The molecule has 2 rings (SSSR count). The molecule has 0 fully saturated rings. The van der Waals surface area contributed by atoms with Gasteiger partial charge < -0.3 is 20.1 Å². The lowest BCUT2D eigenvalue weighted by atomic mass is 10.2. The first-order valence-electron chi connectivity index (χ1n) is 7.73. The van der Waals surface area contributed by atoms with Crippen LogP contribution in [-0.4, -0.2) is 37.3 Å². The number of nitrogens with one attached hydrogen (secondary N) is 2. The molecule has 2 N–H and O–H groups in total. The van der Waals surface area contributed by atoms with E-state index in [-0.39, 0.29) is 5.91 Å². The number of rotatable bonds is 8. The van der Waals surface area contributed by atoms with Crippen LogP contribution in [0.4, 0.5) is 10.8 Å². The van der Waals surface area contributed by atoms with Gasteiger partial charge in [-0.3, -0.25) is 4.79 Å². The van der Waals surface area contributed by atoms with Crippen LogP contribution in [0.3, 0.4) is 0 Å². The topological polar surface area (TPSA) is 72.5 Å². The van der Waals surface area contributed by atoms with E-state index in [0.717, 1.165) is 16.3 Å². The van der Waals surface area contributed by atoms with Crippen molar-refractivity contribution in [3.05, 3.63) is 34.8 Å². The third kappa shape index (κ3) is 4.94. The molecule has 0 aliphatic rings. The van der Waals surface area contributed by atoms with E-state index in [0.29, 0.717) is 24.1 Å². The zero-order valence-electron chi connectivity index (χ0n) is 14.4. The minimum Gasteiger partial charge on any atom is -0.489 e. The summed E-state index contributed by atoms with van der Waals surface area (Å²) >= 11 is 1.47. The van der Waals surface area contributed by atoms with Crippen LogP contribution in [0.25, 0.3) is 0 Å². The van der Waals surface area contributed by atoms with Crippen LogP contribution < -0.4 is 15.4 Å². The molecule has 0 saturated heterocycles. The maximum absolute atomic E-state index is 12.3. The highest BCUT2D eigenvalue weighted by Crippen LogP contribution is 2.25. The molecule has 0 saturated carbocycles. The summed E-state index contributed by atoms with van der Waals surface area (Å²) in [6.07, 6.45) is 0. The number of nitrogens with zero attached hydrogens (tertiary/aromatic N) is 1. The van der Waals surface area contributed by atoms with Crippen LogP contribution in [0.2, 0.25) is 0 Å². The Balaban J connectivity index is 1.98. The number of carbonyl (C=O) groups excluding carboxylic acids is 1. The summed E-state index contributed by atoms with van der Waals surface area (Å²) in [6, 6.07) is 7.09. The number of amides is 1. The van der Waals surface area contributed by atoms with Crippen molar-refractivity contribution >= 4 is 28.1 Å². The lowest BCUT2D eigenvalue weighted by molar-refractivity contribution is -0.116. The Morgan fingerprint density at radius 3 is 2.71 bits per heavy atom. The number of ether oxygens (including phenoxy) is 2. The number of benzene rings is 1. The highest BCUT2D eigenvalue weighted by Gasteiger charge is 2.16. The summed E-state index contributed by atoms with van der Waals surface area (Å²) in [5, 5.41) is 6.64. The lowest BCUT2D eigenvalue weighted by Crippen LogP contribution is -2.32. The second-order valence-corrected chi connectivity index (χ2v) is 6.56. The Bertz CT molecular complexity index is 668. The standard InChI is InChI=1S/C17H23N3O3S/c1-11-13(3)24-17(19-11)20-16(21)12(2)18-14-7-5-6-8-15(14)23-10-9-22-4/h5-8,12,18H,9-10H2,1-4H3,(H,19,20,21). The van der Waals surface area contributed by atoms with Gasteiger partial charge in [0.05, 0.1) is 18.0 Å². The molecule has 1 aromatic heterocycles. The number of para-hydroxylation sites is 2. The monoisotopic (exact) mass is 349 g/mol. The summed E-state index contributed by atoms with van der Waals surface area (Å²) in [5.41, 5.74) is 1.70. The van der Waals surface area contributed by atoms with Gasteiger partial charge in [0.25, 0.3) is 0 Å². The summed E-state index contributed by atoms with van der Waals surface area (Å²) < 4.78 is 10.7. The van der Waals surface area contributed by atoms with Gasteiger partial charge in [-0.15, -0.1) is 11.3 Å². The average molecular weight is 349 g/mol. The van der Waals surface area contributed by atoms with Crippen LogP contribution in [0.15, 0.2) is 24.3 Å². The predicted octanol–water partition coefficient (Wildman–Crippen LogP) is 3.22. The fraction of sp³-hybridized carbons (Fsp3) is 0.412. The van der Waals surface area contributed by atoms with E-state index >= 15 is 0 Å². The summed E-state index contributed by atoms with van der Waals surface area (Å²) in [7, 11) is 1.63. The molecule has 1 atom stereocenters. The van der Waals surface area contributed by atoms with Crippen LogP contribution in [0.1, 0.15) is 17.5 Å². The van der Waals surface area contributed by atoms with Gasteiger partial charge >= 0.3 is 0 Å². The van der Waals surface area contributed by atoms with Crippen LogP contribution in [0, 0.1) is 13.8 Å². The van der Waals surface area contributed by atoms with E-state index in [2.05, 4.69) is 15.6 Å².